The molecule has 1 atom stereocenters. The van der Waals surface area contributed by atoms with Gasteiger partial charge < -0.3 is 9.84 Å². The molecule has 1 aromatic rings. The summed E-state index contributed by atoms with van der Waals surface area (Å²) in [6.45, 7) is 4.33. The Morgan fingerprint density at radius 3 is 2.84 bits per heavy atom. The summed E-state index contributed by atoms with van der Waals surface area (Å²) in [6, 6.07) is 0.954. The second-order valence-electron chi connectivity index (χ2n) is 4.32. The monoisotopic (exact) mass is 268 g/mol. The van der Waals surface area contributed by atoms with Crippen LogP contribution in [-0.4, -0.2) is 27.6 Å². The Hall–Kier alpha value is -2.18. The molecule has 19 heavy (non-hydrogen) atoms. The van der Waals surface area contributed by atoms with E-state index in [9.17, 15) is 14.9 Å². The van der Waals surface area contributed by atoms with Gasteiger partial charge in [0.1, 0.15) is 0 Å². The molecular formula is C12H16N2O5. The van der Waals surface area contributed by atoms with Crippen molar-refractivity contribution < 1.29 is 19.6 Å². The van der Waals surface area contributed by atoms with E-state index in [4.69, 9.17) is 9.84 Å². The van der Waals surface area contributed by atoms with Gasteiger partial charge in [-0.15, -0.1) is 0 Å². The first-order valence-electron chi connectivity index (χ1n) is 5.96. The van der Waals surface area contributed by atoms with E-state index in [1.165, 1.54) is 0 Å². The average Bonchev–Trinajstić information content (AvgIpc) is 2.36. The maximum atomic E-state index is 10.9. The van der Waals surface area contributed by atoms with Gasteiger partial charge in [-0.3, -0.25) is 10.1 Å². The largest absolute Gasteiger partial charge is 0.478 e. The lowest BCUT2D eigenvalue weighted by molar-refractivity contribution is -0.386. The van der Waals surface area contributed by atoms with E-state index in [1.807, 2.05) is 13.8 Å². The van der Waals surface area contributed by atoms with Gasteiger partial charge in [0.15, 0.2) is 0 Å². The number of pyridine rings is 1. The highest BCUT2D eigenvalue weighted by Gasteiger charge is 2.20. The van der Waals surface area contributed by atoms with Crippen molar-refractivity contribution in [3.63, 3.8) is 0 Å². The van der Waals surface area contributed by atoms with Gasteiger partial charge in [0, 0.05) is 12.3 Å². The number of ether oxygens (including phenoxy) is 1. The lowest BCUT2D eigenvalue weighted by Crippen LogP contribution is -2.11. The molecule has 1 aromatic heterocycles. The summed E-state index contributed by atoms with van der Waals surface area (Å²) in [6.07, 6.45) is 2.99. The molecule has 104 valence electrons. The van der Waals surface area contributed by atoms with E-state index >= 15 is 0 Å². The fourth-order valence-corrected chi connectivity index (χ4v) is 1.60. The van der Waals surface area contributed by atoms with Gasteiger partial charge in [-0.05, 0) is 12.3 Å². The normalized spacial score (nSPS) is 11.9. The lowest BCUT2D eigenvalue weighted by Gasteiger charge is -2.11. The van der Waals surface area contributed by atoms with Crippen LogP contribution >= 0.6 is 0 Å². The highest BCUT2D eigenvalue weighted by molar-refractivity contribution is 5.88. The fraction of sp³-hybridized carbons (Fsp3) is 0.500. The number of carboxylic acids is 1. The number of carbonyl (C=O) groups is 1. The number of rotatable bonds is 7. The standard InChI is InChI=1S/C12H16N2O5/c1-3-4-8(2)7-19-11-10(14(17)18)5-9(6-13-11)12(15)16/h5-6,8H,3-4,7H2,1-2H3,(H,15,16). The van der Waals surface area contributed by atoms with Crippen LogP contribution in [0.4, 0.5) is 5.69 Å². The maximum absolute atomic E-state index is 10.9. The van der Waals surface area contributed by atoms with Crippen molar-refractivity contribution in [2.75, 3.05) is 6.61 Å². The van der Waals surface area contributed by atoms with Crippen molar-refractivity contribution >= 4 is 11.7 Å². The second-order valence-corrected chi connectivity index (χ2v) is 4.32. The minimum atomic E-state index is -1.26. The van der Waals surface area contributed by atoms with Gasteiger partial charge in [0.05, 0.1) is 17.1 Å². The zero-order valence-corrected chi connectivity index (χ0v) is 10.8. The van der Waals surface area contributed by atoms with Gasteiger partial charge in [0.25, 0.3) is 5.88 Å². The third-order valence-electron chi connectivity index (χ3n) is 2.56. The molecule has 1 N–H and O–H groups in total. The summed E-state index contributed by atoms with van der Waals surface area (Å²) in [7, 11) is 0. The molecule has 0 radical (unpaired) electrons. The zero-order chi connectivity index (χ0) is 14.4. The molecule has 0 fully saturated rings. The van der Waals surface area contributed by atoms with Crippen LogP contribution in [0.2, 0.25) is 0 Å². The number of hydrogen-bond acceptors (Lipinski definition) is 5. The van der Waals surface area contributed by atoms with Crippen LogP contribution in [0.25, 0.3) is 0 Å². The first-order chi connectivity index (χ1) is 8.95. The summed E-state index contributed by atoms with van der Waals surface area (Å²) >= 11 is 0. The Labute approximate surface area is 110 Å². The van der Waals surface area contributed by atoms with Gasteiger partial charge in [-0.1, -0.05) is 20.3 Å². The van der Waals surface area contributed by atoms with Gasteiger partial charge in [-0.2, -0.15) is 0 Å². The minimum absolute atomic E-state index is 0.141. The second kappa shape index (κ2) is 6.67. The Morgan fingerprint density at radius 1 is 1.63 bits per heavy atom. The van der Waals surface area contributed by atoms with Crippen molar-refractivity contribution in [1.82, 2.24) is 4.98 Å². The molecule has 0 saturated heterocycles. The van der Waals surface area contributed by atoms with Gasteiger partial charge >= 0.3 is 11.7 Å². The van der Waals surface area contributed by atoms with Gasteiger partial charge in [0.2, 0.25) is 0 Å². The summed E-state index contributed by atoms with van der Waals surface area (Å²) in [5, 5.41) is 19.6. The highest BCUT2D eigenvalue weighted by atomic mass is 16.6. The van der Waals surface area contributed by atoms with Crippen LogP contribution in [0, 0.1) is 16.0 Å². The molecule has 1 rings (SSSR count). The quantitative estimate of drug-likeness (QED) is 0.602. The highest BCUT2D eigenvalue weighted by Crippen LogP contribution is 2.25. The molecule has 0 aromatic carbocycles. The first kappa shape index (κ1) is 14.9. The Bertz CT molecular complexity index is 475. The molecule has 0 spiro atoms. The van der Waals surface area contributed by atoms with Crippen LogP contribution in [0.5, 0.6) is 5.88 Å². The molecule has 0 saturated carbocycles. The van der Waals surface area contributed by atoms with Crippen LogP contribution < -0.4 is 4.74 Å². The summed E-state index contributed by atoms with van der Waals surface area (Å²) in [5.74, 6) is -1.15. The molecule has 1 unspecified atom stereocenters. The molecule has 1 heterocycles. The first-order valence-corrected chi connectivity index (χ1v) is 5.96. The number of nitro groups is 1. The third-order valence-corrected chi connectivity index (χ3v) is 2.56. The van der Waals surface area contributed by atoms with E-state index in [0.29, 0.717) is 6.61 Å². The lowest BCUT2D eigenvalue weighted by atomic mass is 10.1. The number of aromatic nitrogens is 1. The van der Waals surface area contributed by atoms with Crippen LogP contribution in [0.15, 0.2) is 12.3 Å². The molecule has 0 aliphatic rings. The Kier molecular flexibility index (Phi) is 5.23. The summed E-state index contributed by atoms with van der Waals surface area (Å²) < 4.78 is 5.30. The molecule has 7 nitrogen and oxygen atoms in total. The van der Waals surface area contributed by atoms with Crippen molar-refractivity contribution in [1.29, 1.82) is 0 Å². The molecule has 0 amide bonds. The van der Waals surface area contributed by atoms with Crippen molar-refractivity contribution in [3.05, 3.63) is 27.9 Å². The minimum Gasteiger partial charge on any atom is -0.478 e. The smallest absolute Gasteiger partial charge is 0.337 e. The zero-order valence-electron chi connectivity index (χ0n) is 10.8. The number of aromatic carboxylic acids is 1. The third kappa shape index (κ3) is 4.20. The average molecular weight is 268 g/mol. The topological polar surface area (TPSA) is 103 Å². The predicted molar refractivity (Wildman–Crippen MR) is 67.4 cm³/mol. The number of carboxylic acid groups (broad SMARTS) is 1. The molecule has 0 bridgehead atoms. The van der Waals surface area contributed by atoms with Crippen molar-refractivity contribution in [2.24, 2.45) is 5.92 Å². The summed E-state index contributed by atoms with van der Waals surface area (Å²) in [5.41, 5.74) is -0.663. The van der Waals surface area contributed by atoms with E-state index < -0.39 is 16.6 Å². The van der Waals surface area contributed by atoms with Crippen LogP contribution in [0.1, 0.15) is 37.0 Å². The Balaban J connectivity index is 2.88. The SMILES string of the molecule is CCCC(C)COc1ncc(C(=O)O)cc1[N+](=O)[O-]. The van der Waals surface area contributed by atoms with Crippen molar-refractivity contribution in [3.8, 4) is 5.88 Å². The van der Waals surface area contributed by atoms with E-state index in [1.54, 1.807) is 0 Å². The predicted octanol–water partition coefficient (Wildman–Crippen LogP) is 2.50. The fourth-order valence-electron chi connectivity index (χ4n) is 1.60. The maximum Gasteiger partial charge on any atom is 0.337 e. The van der Waals surface area contributed by atoms with Crippen LogP contribution in [0.3, 0.4) is 0 Å². The van der Waals surface area contributed by atoms with E-state index in [0.717, 1.165) is 25.1 Å². The van der Waals surface area contributed by atoms with E-state index in [-0.39, 0.29) is 17.4 Å². The number of nitrogens with zero attached hydrogens (tertiary/aromatic N) is 2. The molecule has 0 aliphatic heterocycles. The molecule has 0 aliphatic carbocycles. The molecular weight excluding hydrogens is 252 g/mol. The molecule has 7 heteroatoms. The van der Waals surface area contributed by atoms with Crippen LogP contribution in [-0.2, 0) is 0 Å². The van der Waals surface area contributed by atoms with Gasteiger partial charge in [-0.25, -0.2) is 9.78 Å². The number of hydrogen-bond donors (Lipinski definition) is 1. The van der Waals surface area contributed by atoms with Crippen molar-refractivity contribution in [2.45, 2.75) is 26.7 Å². The van der Waals surface area contributed by atoms with E-state index in [2.05, 4.69) is 4.98 Å². The Morgan fingerprint density at radius 2 is 2.32 bits per heavy atom. The summed E-state index contributed by atoms with van der Waals surface area (Å²) in [4.78, 5) is 24.6.